The van der Waals surface area contributed by atoms with E-state index >= 15 is 0 Å². The van der Waals surface area contributed by atoms with Crippen LogP contribution in [0.3, 0.4) is 0 Å². The maximum Gasteiger partial charge on any atom is 0.274 e. The molecule has 32 heavy (non-hydrogen) atoms. The summed E-state index contributed by atoms with van der Waals surface area (Å²) in [5.41, 5.74) is 1.09. The van der Waals surface area contributed by atoms with E-state index in [2.05, 4.69) is 10.3 Å². The van der Waals surface area contributed by atoms with Crippen molar-refractivity contribution in [3.05, 3.63) is 66.5 Å². The van der Waals surface area contributed by atoms with Crippen LogP contribution in [0.1, 0.15) is 29.8 Å². The summed E-state index contributed by atoms with van der Waals surface area (Å²) < 4.78 is 47.9. The normalized spacial score (nSPS) is 14.8. The van der Waals surface area contributed by atoms with Crippen molar-refractivity contribution in [1.29, 1.82) is 0 Å². The number of amides is 1. The molecule has 0 bridgehead atoms. The number of hydrogen-bond acceptors (Lipinski definition) is 5. The molecule has 1 saturated heterocycles. The van der Waals surface area contributed by atoms with Crippen LogP contribution in [0.25, 0.3) is 5.69 Å². The lowest BCUT2D eigenvalue weighted by Crippen LogP contribution is -2.35. The van der Waals surface area contributed by atoms with Crippen molar-refractivity contribution < 1.29 is 22.3 Å². The largest absolute Gasteiger partial charge is 0.495 e. The van der Waals surface area contributed by atoms with Gasteiger partial charge in [-0.2, -0.15) is 4.31 Å². The SMILES string of the molecule is COc1ccc(NC(=O)c2cncn2-c2ccc(F)cc2)cc1S(=O)(=O)N1CCCCC1. The molecule has 2 heterocycles. The van der Waals surface area contributed by atoms with E-state index in [-0.39, 0.29) is 22.2 Å². The number of nitrogens with zero attached hydrogens (tertiary/aromatic N) is 3. The minimum absolute atomic E-state index is 0.00624. The van der Waals surface area contributed by atoms with Crippen LogP contribution in [-0.4, -0.2) is 48.4 Å². The van der Waals surface area contributed by atoms with Crippen molar-refractivity contribution in [2.75, 3.05) is 25.5 Å². The Morgan fingerprint density at radius 2 is 1.81 bits per heavy atom. The molecule has 8 nitrogen and oxygen atoms in total. The number of piperidine rings is 1. The lowest BCUT2D eigenvalue weighted by atomic mass is 10.2. The van der Waals surface area contributed by atoms with Crippen molar-refractivity contribution in [1.82, 2.24) is 13.9 Å². The molecule has 168 valence electrons. The molecule has 10 heteroatoms. The fourth-order valence-corrected chi connectivity index (χ4v) is 5.36. The number of ether oxygens (including phenoxy) is 1. The number of hydrogen-bond donors (Lipinski definition) is 1. The highest BCUT2D eigenvalue weighted by Crippen LogP contribution is 2.31. The second kappa shape index (κ2) is 9.09. The monoisotopic (exact) mass is 458 g/mol. The third-order valence-corrected chi connectivity index (χ3v) is 7.25. The second-order valence-electron chi connectivity index (χ2n) is 7.41. The Kier molecular flexibility index (Phi) is 6.24. The van der Waals surface area contributed by atoms with E-state index < -0.39 is 15.9 Å². The van der Waals surface area contributed by atoms with Crippen molar-refractivity contribution in [3.63, 3.8) is 0 Å². The number of aromatic nitrogens is 2. The highest BCUT2D eigenvalue weighted by molar-refractivity contribution is 7.89. The number of benzene rings is 2. The van der Waals surface area contributed by atoms with Crippen molar-refractivity contribution >= 4 is 21.6 Å². The van der Waals surface area contributed by atoms with E-state index in [4.69, 9.17) is 4.74 Å². The summed E-state index contributed by atoms with van der Waals surface area (Å²) in [7, 11) is -2.36. The third-order valence-electron chi connectivity index (χ3n) is 5.33. The minimum Gasteiger partial charge on any atom is -0.495 e. The van der Waals surface area contributed by atoms with Crippen LogP contribution in [-0.2, 0) is 10.0 Å². The molecule has 1 aromatic heterocycles. The number of halogens is 1. The predicted octanol–water partition coefficient (Wildman–Crippen LogP) is 3.45. The lowest BCUT2D eigenvalue weighted by molar-refractivity contribution is 0.102. The summed E-state index contributed by atoms with van der Waals surface area (Å²) in [6.07, 6.45) is 5.45. The zero-order chi connectivity index (χ0) is 22.7. The molecule has 1 fully saturated rings. The molecule has 0 unspecified atom stereocenters. The number of sulfonamides is 1. The van der Waals surface area contributed by atoms with Gasteiger partial charge in [-0.1, -0.05) is 6.42 Å². The first-order valence-electron chi connectivity index (χ1n) is 10.2. The molecule has 1 amide bonds. The van der Waals surface area contributed by atoms with Gasteiger partial charge in [-0.15, -0.1) is 0 Å². The van der Waals surface area contributed by atoms with Gasteiger partial charge in [-0.05, 0) is 55.3 Å². The van der Waals surface area contributed by atoms with Crippen molar-refractivity contribution in [2.24, 2.45) is 0 Å². The Hall–Kier alpha value is -3.24. The first-order chi connectivity index (χ1) is 15.4. The Morgan fingerprint density at radius 1 is 1.09 bits per heavy atom. The van der Waals surface area contributed by atoms with Crippen LogP contribution in [0.15, 0.2) is 59.9 Å². The molecule has 3 aromatic rings. The second-order valence-corrected chi connectivity index (χ2v) is 9.32. The Labute approximate surface area is 185 Å². The molecule has 0 aliphatic carbocycles. The number of nitrogens with one attached hydrogen (secondary N) is 1. The minimum atomic E-state index is -3.77. The maximum absolute atomic E-state index is 13.2. The topological polar surface area (TPSA) is 93.5 Å². The number of imidazole rings is 1. The van der Waals surface area contributed by atoms with Crippen LogP contribution in [0.2, 0.25) is 0 Å². The average Bonchev–Trinajstić information content (AvgIpc) is 3.30. The molecule has 0 spiro atoms. The molecule has 0 atom stereocenters. The summed E-state index contributed by atoms with van der Waals surface area (Å²) >= 11 is 0. The fraction of sp³-hybridized carbons (Fsp3) is 0.273. The van der Waals surface area contributed by atoms with E-state index in [9.17, 15) is 17.6 Å². The summed E-state index contributed by atoms with van der Waals surface area (Å²) in [5.74, 6) is -0.663. The predicted molar refractivity (Wildman–Crippen MR) is 117 cm³/mol. The van der Waals surface area contributed by atoms with E-state index in [1.54, 1.807) is 6.07 Å². The molecule has 0 saturated carbocycles. The average molecular weight is 459 g/mol. The van der Waals surface area contributed by atoms with Gasteiger partial charge in [0.15, 0.2) is 0 Å². The Morgan fingerprint density at radius 3 is 2.50 bits per heavy atom. The standard InChI is InChI=1S/C22H23FN4O4S/c1-31-20-10-7-17(13-21(20)32(29,30)26-11-3-2-4-12-26)25-22(28)19-14-24-15-27(19)18-8-5-16(23)6-9-18/h5-10,13-15H,2-4,11-12H2,1H3,(H,25,28). The van der Waals surface area contributed by atoms with Crippen molar-refractivity contribution in [2.45, 2.75) is 24.2 Å². The van der Waals surface area contributed by atoms with E-state index in [1.165, 1.54) is 64.9 Å². The molecular formula is C22H23FN4O4S. The van der Waals surface area contributed by atoms with E-state index in [1.807, 2.05) is 0 Å². The Bertz CT molecular complexity index is 1220. The van der Waals surface area contributed by atoms with Crippen LogP contribution in [0.5, 0.6) is 5.75 Å². The van der Waals surface area contributed by atoms with Crippen LogP contribution >= 0.6 is 0 Å². The van der Waals surface area contributed by atoms with Gasteiger partial charge in [0.2, 0.25) is 10.0 Å². The molecular weight excluding hydrogens is 435 g/mol. The fourth-order valence-electron chi connectivity index (χ4n) is 3.67. The quantitative estimate of drug-likeness (QED) is 0.611. The highest BCUT2D eigenvalue weighted by atomic mass is 32.2. The van der Waals surface area contributed by atoms with Gasteiger partial charge >= 0.3 is 0 Å². The highest BCUT2D eigenvalue weighted by Gasteiger charge is 2.29. The third kappa shape index (κ3) is 4.37. The number of rotatable bonds is 6. The zero-order valence-electron chi connectivity index (χ0n) is 17.5. The number of methoxy groups -OCH3 is 1. The summed E-state index contributed by atoms with van der Waals surface area (Å²) in [6.45, 7) is 0.915. The molecule has 2 aromatic carbocycles. The zero-order valence-corrected chi connectivity index (χ0v) is 18.3. The van der Waals surface area contributed by atoms with Gasteiger partial charge in [0.25, 0.3) is 5.91 Å². The van der Waals surface area contributed by atoms with Gasteiger partial charge in [0.1, 0.15) is 22.2 Å². The number of carbonyl (C=O) groups is 1. The van der Waals surface area contributed by atoms with Crippen molar-refractivity contribution in [3.8, 4) is 11.4 Å². The van der Waals surface area contributed by atoms with Crippen LogP contribution in [0, 0.1) is 5.82 Å². The Balaban J connectivity index is 1.62. The smallest absolute Gasteiger partial charge is 0.274 e. The van der Waals surface area contributed by atoms with Gasteiger partial charge in [0.05, 0.1) is 19.6 Å². The number of carbonyl (C=O) groups excluding carboxylic acids is 1. The van der Waals surface area contributed by atoms with Crippen LogP contribution in [0.4, 0.5) is 10.1 Å². The summed E-state index contributed by atoms with van der Waals surface area (Å²) in [4.78, 5) is 16.9. The molecule has 1 N–H and O–H groups in total. The molecule has 1 aliphatic rings. The van der Waals surface area contributed by atoms with Gasteiger partial charge in [-0.25, -0.2) is 17.8 Å². The van der Waals surface area contributed by atoms with Gasteiger partial charge < -0.3 is 10.1 Å². The van der Waals surface area contributed by atoms with Gasteiger partial charge in [0, 0.05) is 24.5 Å². The summed E-state index contributed by atoms with van der Waals surface area (Å²) in [5, 5.41) is 2.72. The molecule has 4 rings (SSSR count). The molecule has 0 radical (unpaired) electrons. The van der Waals surface area contributed by atoms with E-state index in [0.717, 1.165) is 19.3 Å². The first kappa shape index (κ1) is 22.0. The summed E-state index contributed by atoms with van der Waals surface area (Å²) in [6, 6.07) is 10.1. The lowest BCUT2D eigenvalue weighted by Gasteiger charge is -2.26. The maximum atomic E-state index is 13.2. The number of anilines is 1. The van der Waals surface area contributed by atoms with E-state index in [0.29, 0.717) is 24.5 Å². The van der Waals surface area contributed by atoms with Gasteiger partial charge in [-0.3, -0.25) is 9.36 Å². The first-order valence-corrected chi connectivity index (χ1v) is 11.6. The molecule has 1 aliphatic heterocycles. The van der Waals surface area contributed by atoms with Crippen LogP contribution < -0.4 is 10.1 Å².